The van der Waals surface area contributed by atoms with Crippen LogP contribution in [-0.2, 0) is 0 Å². The summed E-state index contributed by atoms with van der Waals surface area (Å²) in [6.45, 7) is 0. The minimum absolute atomic E-state index is 0.611. The van der Waals surface area contributed by atoms with Crippen LogP contribution < -0.4 is 0 Å². The molecule has 3 aliphatic rings. The molecule has 0 heterocycles. The fraction of sp³-hybridized carbons (Fsp3) is 0.176. The van der Waals surface area contributed by atoms with E-state index in [0.717, 1.165) is 0 Å². The summed E-state index contributed by atoms with van der Waals surface area (Å²) in [7, 11) is 0. The number of hydrogen-bond donors (Lipinski definition) is 0. The second kappa shape index (κ2) is 14.1. The Labute approximate surface area is 396 Å². The van der Waals surface area contributed by atoms with E-state index in [4.69, 9.17) is 0 Å². The van der Waals surface area contributed by atoms with Crippen LogP contribution in [0.2, 0.25) is 0 Å². The predicted octanol–water partition coefficient (Wildman–Crippen LogP) is 20.0. The lowest BCUT2D eigenvalue weighted by atomic mass is 9.73. The lowest BCUT2D eigenvalue weighted by Crippen LogP contribution is -2.11. The Morgan fingerprint density at radius 2 is 0.588 bits per heavy atom. The average molecular weight is 867 g/mol. The molecular formula is C68H50. The summed E-state index contributed by atoms with van der Waals surface area (Å²) in [6, 6.07) is 66.3. The van der Waals surface area contributed by atoms with Crippen molar-refractivity contribution in [1.82, 2.24) is 0 Å². The van der Waals surface area contributed by atoms with Crippen LogP contribution in [0.5, 0.6) is 0 Å². The monoisotopic (exact) mass is 866 g/mol. The number of fused-ring (bicyclic) bond motifs is 11. The number of hydrogen-bond acceptors (Lipinski definition) is 0. The first-order chi connectivity index (χ1) is 33.8. The van der Waals surface area contributed by atoms with Gasteiger partial charge in [0.05, 0.1) is 0 Å². The first-order valence-corrected chi connectivity index (χ1v) is 25.7. The van der Waals surface area contributed by atoms with Crippen molar-refractivity contribution in [3.63, 3.8) is 0 Å². The predicted molar refractivity (Wildman–Crippen MR) is 293 cm³/mol. The third kappa shape index (κ3) is 5.00. The van der Waals surface area contributed by atoms with Crippen LogP contribution in [0.1, 0.15) is 87.2 Å². The first kappa shape index (κ1) is 37.8. The topological polar surface area (TPSA) is 0 Å². The lowest BCUT2D eigenvalue weighted by molar-refractivity contribution is 0.443. The maximum absolute atomic E-state index is 2.55. The van der Waals surface area contributed by atoms with Gasteiger partial charge in [-0.2, -0.15) is 0 Å². The van der Waals surface area contributed by atoms with Crippen LogP contribution in [0.4, 0.5) is 0 Å². The molecule has 13 aromatic carbocycles. The Morgan fingerprint density at radius 3 is 1.15 bits per heavy atom. The minimum atomic E-state index is 0.611. The summed E-state index contributed by atoms with van der Waals surface area (Å²) < 4.78 is 0. The van der Waals surface area contributed by atoms with Crippen molar-refractivity contribution in [2.75, 3.05) is 0 Å². The fourth-order valence-electron chi connectivity index (χ4n) is 14.9. The molecule has 2 saturated carbocycles. The molecule has 0 unspecified atom stereocenters. The molecule has 3 aliphatic carbocycles. The molecule has 0 radical (unpaired) electrons. The normalized spacial score (nSPS) is 15.8. The van der Waals surface area contributed by atoms with Gasteiger partial charge in [-0.1, -0.05) is 196 Å². The average Bonchev–Trinajstić information content (AvgIpc) is 4.03. The van der Waals surface area contributed by atoms with Crippen LogP contribution in [0.15, 0.2) is 170 Å². The quantitative estimate of drug-likeness (QED) is 0.165. The molecule has 16 rings (SSSR count). The highest BCUT2D eigenvalue weighted by atomic mass is 14.4. The van der Waals surface area contributed by atoms with Crippen molar-refractivity contribution in [3.8, 4) is 44.5 Å². The Hall–Kier alpha value is -7.28. The zero-order valence-electron chi connectivity index (χ0n) is 38.4. The first-order valence-electron chi connectivity index (χ1n) is 25.7. The Balaban J connectivity index is 0.907. The van der Waals surface area contributed by atoms with E-state index in [1.165, 1.54) is 195 Å². The number of rotatable bonds is 4. The van der Waals surface area contributed by atoms with E-state index in [9.17, 15) is 0 Å². The molecule has 0 heteroatoms. The molecule has 13 aromatic rings. The van der Waals surface area contributed by atoms with Gasteiger partial charge in [-0.05, 0) is 202 Å². The van der Waals surface area contributed by atoms with Crippen LogP contribution >= 0.6 is 0 Å². The largest absolute Gasteiger partial charge is 0.0616 e. The highest BCUT2D eigenvalue weighted by Gasteiger charge is 2.35. The van der Waals surface area contributed by atoms with Gasteiger partial charge in [0, 0.05) is 0 Å². The van der Waals surface area contributed by atoms with Crippen molar-refractivity contribution in [2.45, 2.75) is 76.0 Å². The number of benzene rings is 11. The van der Waals surface area contributed by atoms with E-state index >= 15 is 0 Å². The van der Waals surface area contributed by atoms with E-state index in [2.05, 4.69) is 170 Å². The minimum Gasteiger partial charge on any atom is -0.0616 e. The van der Waals surface area contributed by atoms with Gasteiger partial charge in [-0.25, -0.2) is 0 Å². The highest BCUT2D eigenvalue weighted by Crippen LogP contribution is 2.59. The van der Waals surface area contributed by atoms with Crippen LogP contribution in [-0.4, -0.2) is 0 Å². The van der Waals surface area contributed by atoms with Gasteiger partial charge >= 0.3 is 0 Å². The van der Waals surface area contributed by atoms with Gasteiger partial charge in [0.15, 0.2) is 0 Å². The molecule has 322 valence electrons. The van der Waals surface area contributed by atoms with E-state index in [0.29, 0.717) is 11.8 Å². The van der Waals surface area contributed by atoms with Crippen molar-refractivity contribution >= 4 is 97.0 Å². The molecule has 0 atom stereocenters. The van der Waals surface area contributed by atoms with E-state index in [-0.39, 0.29) is 0 Å². The second-order valence-corrected chi connectivity index (χ2v) is 20.9. The van der Waals surface area contributed by atoms with Gasteiger partial charge in [0.25, 0.3) is 0 Å². The van der Waals surface area contributed by atoms with Gasteiger partial charge < -0.3 is 0 Å². The zero-order valence-corrected chi connectivity index (χ0v) is 38.4. The maximum Gasteiger partial charge on any atom is -0.00199 e. The third-order valence-corrected chi connectivity index (χ3v) is 17.7. The summed E-state index contributed by atoms with van der Waals surface area (Å²) in [5, 5.41) is 24.8. The Kier molecular flexibility index (Phi) is 7.85. The van der Waals surface area contributed by atoms with Crippen LogP contribution in [0, 0.1) is 0 Å². The van der Waals surface area contributed by atoms with Crippen molar-refractivity contribution in [2.24, 2.45) is 0 Å². The van der Waals surface area contributed by atoms with E-state index < -0.39 is 0 Å². The molecule has 0 nitrogen and oxygen atoms in total. The SMILES string of the molecule is c1ccc2c(-c3ccc4c5cc6c(cc5c5cccc3c54)c3cccc4c(-c5ccc7c8c(cccc58)-c5c-7c(C7CCCCC7)c7ccccc7c5C5CCCCC5)ccc6c43)cccc2c1. The van der Waals surface area contributed by atoms with Crippen molar-refractivity contribution in [3.05, 3.63) is 181 Å². The van der Waals surface area contributed by atoms with Crippen molar-refractivity contribution < 1.29 is 0 Å². The molecule has 2 fully saturated rings. The molecule has 0 bridgehead atoms. The molecule has 68 heavy (non-hydrogen) atoms. The summed E-state index contributed by atoms with van der Waals surface area (Å²) in [4.78, 5) is 0. The highest BCUT2D eigenvalue weighted by molar-refractivity contribution is 6.39. The van der Waals surface area contributed by atoms with Crippen LogP contribution in [0.25, 0.3) is 141 Å². The molecule has 0 aromatic heterocycles. The maximum atomic E-state index is 2.55. The van der Waals surface area contributed by atoms with Gasteiger partial charge in [0.2, 0.25) is 0 Å². The third-order valence-electron chi connectivity index (χ3n) is 17.7. The molecule has 0 spiro atoms. The zero-order chi connectivity index (χ0) is 44.2. The summed E-state index contributed by atoms with van der Waals surface area (Å²) in [6.07, 6.45) is 13.3. The molecule has 0 amide bonds. The molecule has 0 saturated heterocycles. The molecular weight excluding hydrogens is 817 g/mol. The molecule has 0 aliphatic heterocycles. The summed E-state index contributed by atoms with van der Waals surface area (Å²) in [5.74, 6) is 1.22. The standard InChI is InChI=1S/C68H50/c1-3-16-40(17-4-1)62-50-22-9-10-23-51(50)63(41-18-5-2-6-19-41)68-57-36-33-46(49-27-14-30-56(66(49)57)67(62)68)45-32-35-55-61-38-60-54-34-31-44(43-24-11-20-39-15-7-8-21-42(39)43)47-25-12-28-52(64(47)54)58(60)37-59(61)53-29-13-26-48(45)65(53)55/h7-15,20-38,40-41H,1-6,16-19H2. The van der Waals surface area contributed by atoms with E-state index in [1.54, 1.807) is 22.3 Å². The Bertz CT molecular complexity index is 4130. The summed E-state index contributed by atoms with van der Waals surface area (Å²) >= 11 is 0. The van der Waals surface area contributed by atoms with E-state index in [1.807, 2.05) is 0 Å². The van der Waals surface area contributed by atoms with Gasteiger partial charge in [-0.15, -0.1) is 0 Å². The smallest absolute Gasteiger partial charge is 0.00199 e. The van der Waals surface area contributed by atoms with Crippen molar-refractivity contribution in [1.29, 1.82) is 0 Å². The second-order valence-electron chi connectivity index (χ2n) is 20.9. The lowest BCUT2D eigenvalue weighted by Gasteiger charge is -2.31. The van der Waals surface area contributed by atoms with Crippen LogP contribution in [0.3, 0.4) is 0 Å². The van der Waals surface area contributed by atoms with Gasteiger partial charge in [-0.3, -0.25) is 0 Å². The fourth-order valence-corrected chi connectivity index (χ4v) is 14.9. The van der Waals surface area contributed by atoms with Gasteiger partial charge in [0.1, 0.15) is 0 Å². The Morgan fingerprint density at radius 1 is 0.235 bits per heavy atom. The summed E-state index contributed by atoms with van der Waals surface area (Å²) in [5.41, 5.74) is 14.7. The molecule has 0 N–H and O–H groups in total.